The van der Waals surface area contributed by atoms with Crippen LogP contribution in [0.15, 0.2) is 53.4 Å². The molecule has 3 rings (SSSR count). The van der Waals surface area contributed by atoms with Gasteiger partial charge in [0.15, 0.2) is 0 Å². The normalized spacial score (nSPS) is 18.0. The number of benzene rings is 2. The smallest absolute Gasteiger partial charge is 0.243 e. The first-order valence-corrected chi connectivity index (χ1v) is 11.0. The lowest BCUT2D eigenvalue weighted by molar-refractivity contribution is -0.126. The van der Waals surface area contributed by atoms with E-state index in [1.165, 1.54) is 16.4 Å². The summed E-state index contributed by atoms with van der Waals surface area (Å²) in [5, 5.41) is 3.56. The third kappa shape index (κ3) is 5.10. The van der Waals surface area contributed by atoms with Crippen LogP contribution in [-0.4, -0.2) is 38.3 Å². The molecule has 0 aliphatic carbocycles. The maximum Gasteiger partial charge on any atom is 0.243 e. The minimum Gasteiger partial charge on any atom is -0.355 e. The molecule has 0 saturated carbocycles. The SMILES string of the molecule is O=C(NCCc1ccc(Cl)cc1)C1CCCN(S(=O)(=O)c2ccc(F)cc2)C1. The van der Waals surface area contributed by atoms with Crippen LogP contribution in [0.4, 0.5) is 4.39 Å². The average Bonchev–Trinajstić information content (AvgIpc) is 2.70. The summed E-state index contributed by atoms with van der Waals surface area (Å²) in [6.45, 7) is 0.961. The molecule has 0 radical (unpaired) electrons. The molecule has 1 heterocycles. The van der Waals surface area contributed by atoms with Gasteiger partial charge in [-0.3, -0.25) is 4.79 Å². The van der Waals surface area contributed by atoms with E-state index in [-0.39, 0.29) is 17.3 Å². The van der Waals surface area contributed by atoms with Gasteiger partial charge in [0.25, 0.3) is 0 Å². The molecule has 2 aromatic rings. The van der Waals surface area contributed by atoms with E-state index in [0.29, 0.717) is 37.4 Å². The largest absolute Gasteiger partial charge is 0.355 e. The number of sulfonamides is 1. The molecule has 1 N–H and O–H groups in total. The minimum absolute atomic E-state index is 0.0395. The number of rotatable bonds is 6. The molecule has 1 amide bonds. The van der Waals surface area contributed by atoms with Crippen molar-refractivity contribution in [2.24, 2.45) is 5.92 Å². The van der Waals surface area contributed by atoms with Crippen molar-refractivity contribution in [2.75, 3.05) is 19.6 Å². The van der Waals surface area contributed by atoms with Crippen LogP contribution in [-0.2, 0) is 21.2 Å². The maximum atomic E-state index is 13.1. The molecule has 1 atom stereocenters. The van der Waals surface area contributed by atoms with Gasteiger partial charge >= 0.3 is 0 Å². The Labute approximate surface area is 169 Å². The summed E-state index contributed by atoms with van der Waals surface area (Å²) in [6.07, 6.45) is 1.92. The fourth-order valence-electron chi connectivity index (χ4n) is 3.26. The van der Waals surface area contributed by atoms with Gasteiger partial charge in [-0.2, -0.15) is 4.31 Å². The molecule has 1 fully saturated rings. The number of nitrogens with one attached hydrogen (secondary N) is 1. The number of hydrogen-bond acceptors (Lipinski definition) is 3. The van der Waals surface area contributed by atoms with Crippen LogP contribution < -0.4 is 5.32 Å². The van der Waals surface area contributed by atoms with Crippen molar-refractivity contribution in [3.05, 3.63) is 64.9 Å². The van der Waals surface area contributed by atoms with Crippen molar-refractivity contribution in [1.29, 1.82) is 0 Å². The van der Waals surface area contributed by atoms with Crippen molar-refractivity contribution in [3.8, 4) is 0 Å². The number of piperidine rings is 1. The lowest BCUT2D eigenvalue weighted by atomic mass is 9.99. The fourth-order valence-corrected chi connectivity index (χ4v) is 4.91. The molecular formula is C20H22ClFN2O3S. The van der Waals surface area contributed by atoms with Crippen LogP contribution in [0.5, 0.6) is 0 Å². The predicted octanol–water partition coefficient (Wildman–Crippen LogP) is 3.24. The monoisotopic (exact) mass is 424 g/mol. The summed E-state index contributed by atoms with van der Waals surface area (Å²) in [5.74, 6) is -1.03. The van der Waals surface area contributed by atoms with E-state index >= 15 is 0 Å². The van der Waals surface area contributed by atoms with E-state index in [1.807, 2.05) is 12.1 Å². The van der Waals surface area contributed by atoms with Gasteiger partial charge < -0.3 is 5.32 Å². The highest BCUT2D eigenvalue weighted by atomic mass is 35.5. The van der Waals surface area contributed by atoms with Crippen molar-refractivity contribution in [1.82, 2.24) is 9.62 Å². The van der Waals surface area contributed by atoms with Gasteiger partial charge in [-0.25, -0.2) is 12.8 Å². The van der Waals surface area contributed by atoms with Gasteiger partial charge in [-0.05, 0) is 61.2 Å². The summed E-state index contributed by atoms with van der Waals surface area (Å²) in [4.78, 5) is 12.5. The van der Waals surface area contributed by atoms with E-state index < -0.39 is 21.8 Å². The molecule has 2 aromatic carbocycles. The second-order valence-electron chi connectivity index (χ2n) is 6.82. The van der Waals surface area contributed by atoms with Crippen molar-refractivity contribution >= 4 is 27.5 Å². The van der Waals surface area contributed by atoms with Crippen LogP contribution in [0.25, 0.3) is 0 Å². The highest BCUT2D eigenvalue weighted by Crippen LogP contribution is 2.24. The number of carbonyl (C=O) groups is 1. The molecule has 1 saturated heterocycles. The molecule has 0 bridgehead atoms. The number of hydrogen-bond donors (Lipinski definition) is 1. The molecule has 1 aliphatic heterocycles. The summed E-state index contributed by atoms with van der Waals surface area (Å²) < 4.78 is 39.9. The van der Waals surface area contributed by atoms with Crippen LogP contribution in [0.2, 0.25) is 5.02 Å². The van der Waals surface area contributed by atoms with Crippen LogP contribution >= 0.6 is 11.6 Å². The predicted molar refractivity (Wildman–Crippen MR) is 106 cm³/mol. The second-order valence-corrected chi connectivity index (χ2v) is 9.20. The Bertz CT molecular complexity index is 917. The Morgan fingerprint density at radius 1 is 1.14 bits per heavy atom. The molecule has 8 heteroatoms. The summed E-state index contributed by atoms with van der Waals surface area (Å²) in [6, 6.07) is 12.2. The van der Waals surface area contributed by atoms with Crippen LogP contribution in [0.3, 0.4) is 0 Å². The third-order valence-electron chi connectivity index (χ3n) is 4.83. The number of halogens is 2. The van der Waals surface area contributed by atoms with E-state index in [2.05, 4.69) is 5.32 Å². The van der Waals surface area contributed by atoms with E-state index in [9.17, 15) is 17.6 Å². The zero-order valence-electron chi connectivity index (χ0n) is 15.3. The Morgan fingerprint density at radius 3 is 2.50 bits per heavy atom. The van der Waals surface area contributed by atoms with E-state index in [1.54, 1.807) is 12.1 Å². The quantitative estimate of drug-likeness (QED) is 0.774. The first-order chi connectivity index (χ1) is 13.4. The zero-order valence-corrected chi connectivity index (χ0v) is 16.8. The molecule has 0 aromatic heterocycles. The Morgan fingerprint density at radius 2 is 1.82 bits per heavy atom. The minimum atomic E-state index is -3.74. The van der Waals surface area contributed by atoms with Crippen LogP contribution in [0, 0.1) is 11.7 Å². The molecule has 1 unspecified atom stereocenters. The third-order valence-corrected chi connectivity index (χ3v) is 6.96. The topological polar surface area (TPSA) is 66.5 Å². The average molecular weight is 425 g/mol. The van der Waals surface area contributed by atoms with Gasteiger partial charge in [0, 0.05) is 24.7 Å². The maximum absolute atomic E-state index is 13.1. The van der Waals surface area contributed by atoms with Crippen molar-refractivity contribution in [3.63, 3.8) is 0 Å². The molecule has 1 aliphatic rings. The lowest BCUT2D eigenvalue weighted by Crippen LogP contribution is -2.45. The molecule has 5 nitrogen and oxygen atoms in total. The first-order valence-electron chi connectivity index (χ1n) is 9.14. The zero-order chi connectivity index (χ0) is 20.1. The van der Waals surface area contributed by atoms with Gasteiger partial charge in [-0.15, -0.1) is 0 Å². The summed E-state index contributed by atoms with van der Waals surface area (Å²) >= 11 is 5.86. The molecule has 0 spiro atoms. The number of nitrogens with zero attached hydrogens (tertiary/aromatic N) is 1. The Balaban J connectivity index is 1.57. The fraction of sp³-hybridized carbons (Fsp3) is 0.350. The lowest BCUT2D eigenvalue weighted by Gasteiger charge is -2.31. The van der Waals surface area contributed by atoms with Crippen LogP contribution in [0.1, 0.15) is 18.4 Å². The highest BCUT2D eigenvalue weighted by Gasteiger charge is 2.33. The number of amides is 1. The van der Waals surface area contributed by atoms with E-state index in [0.717, 1.165) is 17.7 Å². The molecule has 28 heavy (non-hydrogen) atoms. The highest BCUT2D eigenvalue weighted by molar-refractivity contribution is 7.89. The van der Waals surface area contributed by atoms with Crippen molar-refractivity contribution < 1.29 is 17.6 Å². The first kappa shape index (κ1) is 20.8. The van der Waals surface area contributed by atoms with Gasteiger partial charge in [-0.1, -0.05) is 23.7 Å². The van der Waals surface area contributed by atoms with Crippen molar-refractivity contribution in [2.45, 2.75) is 24.2 Å². The van der Waals surface area contributed by atoms with Gasteiger partial charge in [0.05, 0.1) is 10.8 Å². The molecule has 150 valence electrons. The molecular weight excluding hydrogens is 403 g/mol. The van der Waals surface area contributed by atoms with Gasteiger partial charge in [0.2, 0.25) is 15.9 Å². The Kier molecular flexibility index (Phi) is 6.69. The standard InChI is InChI=1S/C20H22ClFN2O3S/c21-17-5-3-15(4-6-17)11-12-23-20(25)16-2-1-13-24(14-16)28(26,27)19-9-7-18(22)8-10-19/h3-10,16H,1-2,11-14H2,(H,23,25). The number of carbonyl (C=O) groups excluding carboxylic acids is 1. The Hall–Kier alpha value is -1.96. The van der Waals surface area contributed by atoms with E-state index in [4.69, 9.17) is 11.6 Å². The summed E-state index contributed by atoms with van der Waals surface area (Å²) in [5.41, 5.74) is 1.06. The van der Waals surface area contributed by atoms with Gasteiger partial charge in [0.1, 0.15) is 5.82 Å². The second kappa shape index (κ2) is 9.03. The summed E-state index contributed by atoms with van der Waals surface area (Å²) in [7, 11) is -3.74.